The van der Waals surface area contributed by atoms with Crippen LogP contribution in [0.1, 0.15) is 37.4 Å². The highest BCUT2D eigenvalue weighted by molar-refractivity contribution is 6.55. The van der Waals surface area contributed by atoms with Gasteiger partial charge in [0.15, 0.2) is 11.6 Å². The molecule has 1 aliphatic carbocycles. The number of hydrogen-bond donors (Lipinski definition) is 0. The zero-order valence-electron chi connectivity index (χ0n) is 15.9. The molecule has 0 saturated heterocycles. The minimum Gasteiger partial charge on any atom is -0.422 e. The molecule has 0 radical (unpaired) electrons. The number of carbonyl (C=O) groups excluding carboxylic acids is 3. The first-order valence-corrected chi connectivity index (χ1v) is 9.32. The van der Waals surface area contributed by atoms with Crippen LogP contribution in [0.3, 0.4) is 0 Å². The van der Waals surface area contributed by atoms with Crippen molar-refractivity contribution in [2.75, 3.05) is 0 Å². The quantitative estimate of drug-likeness (QED) is 0.481. The van der Waals surface area contributed by atoms with Crippen LogP contribution in [0.5, 0.6) is 5.75 Å². The lowest BCUT2D eigenvalue weighted by Crippen LogP contribution is -2.17. The van der Waals surface area contributed by atoms with Crippen molar-refractivity contribution in [1.29, 1.82) is 0 Å². The maximum Gasteiger partial charge on any atom is 0.344 e. The van der Waals surface area contributed by atoms with Gasteiger partial charge in [0.25, 0.3) is 0 Å². The molecule has 0 N–H and O–H groups in total. The number of Topliss-reactive ketones (excluding diaryl/α,β-unsaturated/α-hetero) is 2. The standard InChI is InChI=1S/C25H16O4/c1-13-9-14(2)11-16(10-13)21-19-8-7-15(12-20(19)29-25(21)28)22-23(26)17-5-3-4-6-18(17)24(22)27/h3-12H,1-2H3. The zero-order chi connectivity index (χ0) is 20.3. The van der Waals surface area contributed by atoms with Gasteiger partial charge in [-0.15, -0.1) is 0 Å². The molecule has 0 spiro atoms. The van der Waals surface area contributed by atoms with Gasteiger partial charge in [-0.3, -0.25) is 9.59 Å². The van der Waals surface area contributed by atoms with Gasteiger partial charge in [-0.2, -0.15) is 0 Å². The van der Waals surface area contributed by atoms with Crippen LogP contribution < -0.4 is 15.2 Å². The van der Waals surface area contributed by atoms with Gasteiger partial charge in [0.2, 0.25) is 0 Å². The van der Waals surface area contributed by atoms with E-state index in [-0.39, 0.29) is 17.1 Å². The van der Waals surface area contributed by atoms with Gasteiger partial charge in [0.05, 0.1) is 11.1 Å². The molecule has 0 aromatic heterocycles. The van der Waals surface area contributed by atoms with Gasteiger partial charge >= 0.3 is 5.97 Å². The van der Waals surface area contributed by atoms with Crippen LogP contribution in [0.15, 0.2) is 60.7 Å². The van der Waals surface area contributed by atoms with Crippen molar-refractivity contribution in [3.05, 3.63) is 98.9 Å². The monoisotopic (exact) mass is 380 g/mol. The van der Waals surface area contributed by atoms with Crippen LogP contribution in [0.2, 0.25) is 0 Å². The number of carbonyl (C=O) groups is 3. The summed E-state index contributed by atoms with van der Waals surface area (Å²) in [6.07, 6.45) is 0. The Hall–Kier alpha value is -3.79. The normalized spacial score (nSPS) is 14.9. The smallest absolute Gasteiger partial charge is 0.344 e. The Labute approximate surface area is 166 Å². The fourth-order valence-electron chi connectivity index (χ4n) is 4.14. The molecule has 1 heterocycles. The number of ether oxygens (including phenoxy) is 1. The Morgan fingerprint density at radius 3 is 1.93 bits per heavy atom. The third-order valence-electron chi connectivity index (χ3n) is 5.33. The Morgan fingerprint density at radius 2 is 1.31 bits per heavy atom. The summed E-state index contributed by atoms with van der Waals surface area (Å²) in [4.78, 5) is 38.1. The SMILES string of the molecule is Cc1cc(C)cc(C2=c3ccc(=C4C(=O)c5ccccc5C4=O)cc3OC2=O)c1. The molecular formula is C25H16O4. The number of hydrogen-bond acceptors (Lipinski definition) is 4. The van der Waals surface area contributed by atoms with Crippen molar-refractivity contribution in [1.82, 2.24) is 0 Å². The Kier molecular flexibility index (Phi) is 3.65. The fraction of sp³-hybridized carbons (Fsp3) is 0.0800. The highest BCUT2D eigenvalue weighted by Crippen LogP contribution is 2.27. The van der Waals surface area contributed by atoms with Crippen molar-refractivity contribution in [2.45, 2.75) is 13.8 Å². The summed E-state index contributed by atoms with van der Waals surface area (Å²) in [5.74, 6) is -0.660. The molecule has 3 aromatic rings. The molecule has 1 aliphatic heterocycles. The molecule has 0 amide bonds. The number of ketones is 2. The molecule has 5 rings (SSSR count). The average Bonchev–Trinajstić information content (AvgIpc) is 3.14. The van der Waals surface area contributed by atoms with E-state index in [0.717, 1.165) is 16.7 Å². The number of fused-ring (bicyclic) bond motifs is 2. The molecule has 140 valence electrons. The van der Waals surface area contributed by atoms with Crippen molar-refractivity contribution >= 4 is 28.7 Å². The summed E-state index contributed by atoms with van der Waals surface area (Å²) in [6, 6.07) is 17.8. The molecule has 3 aromatic carbocycles. The lowest BCUT2D eigenvalue weighted by molar-refractivity contribution is -0.127. The van der Waals surface area contributed by atoms with E-state index < -0.39 is 5.97 Å². The topological polar surface area (TPSA) is 60.4 Å². The van der Waals surface area contributed by atoms with E-state index >= 15 is 0 Å². The second-order valence-electron chi connectivity index (χ2n) is 7.43. The Bertz CT molecular complexity index is 1340. The first kappa shape index (κ1) is 17.3. The summed E-state index contributed by atoms with van der Waals surface area (Å²) in [5.41, 5.74) is 4.34. The average molecular weight is 380 g/mol. The van der Waals surface area contributed by atoms with Crippen LogP contribution >= 0.6 is 0 Å². The summed E-state index contributed by atoms with van der Waals surface area (Å²) >= 11 is 0. The van der Waals surface area contributed by atoms with Crippen LogP contribution in [-0.4, -0.2) is 17.5 Å². The van der Waals surface area contributed by atoms with Gasteiger partial charge in [-0.1, -0.05) is 59.7 Å². The molecule has 0 bridgehead atoms. The van der Waals surface area contributed by atoms with E-state index in [4.69, 9.17) is 4.74 Å². The number of esters is 1. The maximum atomic E-state index is 12.8. The number of benzene rings is 3. The summed E-state index contributed by atoms with van der Waals surface area (Å²) in [6.45, 7) is 3.96. The van der Waals surface area contributed by atoms with E-state index in [1.54, 1.807) is 42.5 Å². The van der Waals surface area contributed by atoms with E-state index in [1.165, 1.54) is 0 Å². The summed E-state index contributed by atoms with van der Waals surface area (Å²) in [7, 11) is 0. The molecule has 4 heteroatoms. The molecule has 2 aliphatic rings. The summed E-state index contributed by atoms with van der Waals surface area (Å²) < 4.78 is 5.49. The highest BCUT2D eigenvalue weighted by atomic mass is 16.5. The third-order valence-corrected chi connectivity index (χ3v) is 5.33. The zero-order valence-corrected chi connectivity index (χ0v) is 15.9. The van der Waals surface area contributed by atoms with Crippen LogP contribution in [0.4, 0.5) is 0 Å². The highest BCUT2D eigenvalue weighted by Gasteiger charge is 2.33. The van der Waals surface area contributed by atoms with Gasteiger partial charge in [-0.25, -0.2) is 4.79 Å². The number of aryl methyl sites for hydroxylation is 2. The van der Waals surface area contributed by atoms with Crippen molar-refractivity contribution in [2.24, 2.45) is 0 Å². The first-order valence-electron chi connectivity index (χ1n) is 9.32. The molecule has 29 heavy (non-hydrogen) atoms. The first-order chi connectivity index (χ1) is 13.9. The summed E-state index contributed by atoms with van der Waals surface area (Å²) in [5, 5.41) is 1.13. The van der Waals surface area contributed by atoms with E-state index in [1.807, 2.05) is 32.0 Å². The second-order valence-corrected chi connectivity index (χ2v) is 7.43. The minimum atomic E-state index is -0.431. The molecule has 0 unspecified atom stereocenters. The minimum absolute atomic E-state index is 0.116. The molecule has 0 fully saturated rings. The predicted octanol–water partition coefficient (Wildman–Crippen LogP) is 2.65. The number of rotatable bonds is 1. The van der Waals surface area contributed by atoms with Gasteiger partial charge in [-0.05, 0) is 36.8 Å². The van der Waals surface area contributed by atoms with Crippen molar-refractivity contribution < 1.29 is 19.1 Å². The predicted molar refractivity (Wildman–Crippen MR) is 108 cm³/mol. The molecule has 0 saturated carbocycles. The Balaban J connectivity index is 1.74. The lowest BCUT2D eigenvalue weighted by Gasteiger charge is -2.04. The third kappa shape index (κ3) is 2.57. The Morgan fingerprint density at radius 1 is 0.690 bits per heavy atom. The largest absolute Gasteiger partial charge is 0.422 e. The van der Waals surface area contributed by atoms with E-state index in [9.17, 15) is 14.4 Å². The van der Waals surface area contributed by atoms with Crippen LogP contribution in [0.25, 0.3) is 11.1 Å². The molecular weight excluding hydrogens is 364 g/mol. The maximum absolute atomic E-state index is 12.8. The fourth-order valence-corrected chi connectivity index (χ4v) is 4.14. The van der Waals surface area contributed by atoms with Crippen LogP contribution in [0, 0.1) is 13.8 Å². The second kappa shape index (κ2) is 6.11. The van der Waals surface area contributed by atoms with Crippen LogP contribution in [-0.2, 0) is 4.79 Å². The van der Waals surface area contributed by atoms with Gasteiger partial charge in [0, 0.05) is 16.3 Å². The molecule has 0 atom stereocenters. The van der Waals surface area contributed by atoms with Crippen molar-refractivity contribution in [3.8, 4) is 5.75 Å². The molecule has 4 nitrogen and oxygen atoms in total. The van der Waals surface area contributed by atoms with Crippen molar-refractivity contribution in [3.63, 3.8) is 0 Å². The van der Waals surface area contributed by atoms with Gasteiger partial charge < -0.3 is 4.74 Å². The van der Waals surface area contributed by atoms with Gasteiger partial charge in [0.1, 0.15) is 5.75 Å². The van der Waals surface area contributed by atoms with E-state index in [2.05, 4.69) is 0 Å². The lowest BCUT2D eigenvalue weighted by atomic mass is 9.99. The van der Waals surface area contributed by atoms with E-state index in [0.29, 0.717) is 32.9 Å².